The molecule has 184 valence electrons. The average Bonchev–Trinajstić information content (AvgIpc) is 3.12. The summed E-state index contributed by atoms with van der Waals surface area (Å²) in [4.78, 5) is -0.178. The van der Waals surface area contributed by atoms with E-state index in [9.17, 15) is 13.0 Å². The van der Waals surface area contributed by atoms with Crippen LogP contribution in [0.15, 0.2) is 78.2 Å². The molecule has 0 aliphatic carbocycles. The zero-order chi connectivity index (χ0) is 25.8. The third-order valence-corrected chi connectivity index (χ3v) is 6.96. The number of anilines is 1. The van der Waals surface area contributed by atoms with E-state index in [1.165, 1.54) is 12.1 Å². The highest BCUT2D eigenvalue weighted by Gasteiger charge is 2.26. The Morgan fingerprint density at radius 2 is 1.63 bits per heavy atom. The topological polar surface area (TPSA) is 78.0 Å². The standard InChI is InChI=1S/C19H20Cl2N3.C7H8O3S/c1-4-23-17-11-15(20)16(21)12-18(17)24(5-2)19(23)13(3)22-14-9-7-6-8-10-14;1-6-2-4-7(5-3-6)11(8,9)10/h6-12,22H,3-5H2,1-2H3;2-5H,1H3,(H,8,9,10)/q+1;/p-1. The molecule has 0 aliphatic rings. The van der Waals surface area contributed by atoms with E-state index >= 15 is 0 Å². The summed E-state index contributed by atoms with van der Waals surface area (Å²) in [6, 6.07) is 19.7. The minimum absolute atomic E-state index is 0.178. The van der Waals surface area contributed by atoms with Gasteiger partial charge in [0.1, 0.15) is 15.8 Å². The Bertz CT molecular complexity index is 1400. The molecule has 0 fully saturated rings. The molecule has 4 rings (SSSR count). The van der Waals surface area contributed by atoms with Crippen molar-refractivity contribution < 1.29 is 17.5 Å². The number of fused-ring (bicyclic) bond motifs is 1. The van der Waals surface area contributed by atoms with E-state index in [4.69, 9.17) is 23.2 Å². The van der Waals surface area contributed by atoms with Gasteiger partial charge in [0, 0.05) is 17.8 Å². The molecule has 4 aromatic rings. The number of hydrogen-bond acceptors (Lipinski definition) is 4. The van der Waals surface area contributed by atoms with Crippen LogP contribution >= 0.6 is 23.2 Å². The lowest BCUT2D eigenvalue weighted by Crippen LogP contribution is -2.37. The second kappa shape index (κ2) is 11.3. The van der Waals surface area contributed by atoms with Crippen LogP contribution in [-0.2, 0) is 23.2 Å². The van der Waals surface area contributed by atoms with Crippen molar-refractivity contribution in [2.24, 2.45) is 0 Å². The summed E-state index contributed by atoms with van der Waals surface area (Å²) >= 11 is 12.5. The van der Waals surface area contributed by atoms with Gasteiger partial charge in [0.25, 0.3) is 0 Å². The van der Waals surface area contributed by atoms with E-state index in [1.807, 2.05) is 49.4 Å². The number of para-hydroxylation sites is 1. The zero-order valence-electron chi connectivity index (χ0n) is 19.8. The van der Waals surface area contributed by atoms with Crippen molar-refractivity contribution in [1.29, 1.82) is 0 Å². The highest BCUT2D eigenvalue weighted by atomic mass is 35.5. The van der Waals surface area contributed by atoms with Crippen molar-refractivity contribution in [3.05, 3.63) is 94.7 Å². The first kappa shape index (κ1) is 26.8. The fourth-order valence-corrected chi connectivity index (χ4v) is 4.54. The highest BCUT2D eigenvalue weighted by molar-refractivity contribution is 7.85. The van der Waals surface area contributed by atoms with Crippen molar-refractivity contribution >= 4 is 55.7 Å². The van der Waals surface area contributed by atoms with Gasteiger partial charge in [-0.3, -0.25) is 0 Å². The van der Waals surface area contributed by atoms with Gasteiger partial charge in [0.05, 0.1) is 28.0 Å². The molecule has 1 aromatic heterocycles. The molecule has 0 bridgehead atoms. The fraction of sp³-hybridized carbons (Fsp3) is 0.192. The van der Waals surface area contributed by atoms with Gasteiger partial charge in [0.15, 0.2) is 11.0 Å². The van der Waals surface area contributed by atoms with E-state index in [1.54, 1.807) is 12.1 Å². The zero-order valence-corrected chi connectivity index (χ0v) is 22.1. The maximum absolute atomic E-state index is 10.4. The van der Waals surface area contributed by atoms with Gasteiger partial charge in [-0.2, -0.15) is 0 Å². The molecular weight excluding hydrogens is 505 g/mol. The SMILES string of the molecule is C=C(Nc1ccccc1)c1n(CC)c2cc(Cl)c(Cl)cc2[n+]1CC.Cc1ccc(S(=O)(=O)[O-])cc1. The molecule has 1 heterocycles. The summed E-state index contributed by atoms with van der Waals surface area (Å²) in [5, 5.41) is 4.52. The molecule has 3 aromatic carbocycles. The van der Waals surface area contributed by atoms with Crippen LogP contribution in [-0.4, -0.2) is 17.5 Å². The normalized spacial score (nSPS) is 11.1. The van der Waals surface area contributed by atoms with Gasteiger partial charge in [-0.25, -0.2) is 17.6 Å². The van der Waals surface area contributed by atoms with Crippen LogP contribution in [0.1, 0.15) is 25.2 Å². The van der Waals surface area contributed by atoms with Crippen molar-refractivity contribution in [1.82, 2.24) is 4.57 Å². The molecule has 6 nitrogen and oxygen atoms in total. The van der Waals surface area contributed by atoms with Crippen LogP contribution in [0.25, 0.3) is 16.7 Å². The maximum Gasteiger partial charge on any atom is 0.305 e. The first-order valence-corrected chi connectivity index (χ1v) is 13.2. The van der Waals surface area contributed by atoms with Crippen LogP contribution in [0, 0.1) is 6.92 Å². The largest absolute Gasteiger partial charge is 0.744 e. The van der Waals surface area contributed by atoms with Crippen molar-refractivity contribution in [3.63, 3.8) is 0 Å². The van der Waals surface area contributed by atoms with Gasteiger partial charge < -0.3 is 9.87 Å². The number of aryl methyl sites for hydroxylation is 3. The lowest BCUT2D eigenvalue weighted by molar-refractivity contribution is -0.670. The van der Waals surface area contributed by atoms with Crippen LogP contribution in [0.3, 0.4) is 0 Å². The summed E-state index contributed by atoms with van der Waals surface area (Å²) in [6.07, 6.45) is 0. The smallest absolute Gasteiger partial charge is 0.305 e. The summed E-state index contributed by atoms with van der Waals surface area (Å²) < 4.78 is 35.6. The molecule has 1 N–H and O–H groups in total. The first-order chi connectivity index (χ1) is 16.6. The predicted octanol–water partition coefficient (Wildman–Crippen LogP) is 6.26. The molecule has 0 amide bonds. The Kier molecular flexibility index (Phi) is 8.61. The monoisotopic (exact) mass is 531 g/mol. The molecule has 9 heteroatoms. The number of benzene rings is 3. The second-order valence-electron chi connectivity index (χ2n) is 7.80. The van der Waals surface area contributed by atoms with Crippen LogP contribution in [0.2, 0.25) is 10.0 Å². The molecule has 0 aliphatic heterocycles. The molecule has 0 saturated carbocycles. The molecular formula is C26H27Cl2N3O3S. The quantitative estimate of drug-likeness (QED) is 0.235. The fourth-order valence-electron chi connectivity index (χ4n) is 3.75. The maximum atomic E-state index is 10.4. The lowest BCUT2D eigenvalue weighted by Gasteiger charge is -2.09. The van der Waals surface area contributed by atoms with E-state index in [2.05, 4.69) is 34.9 Å². The van der Waals surface area contributed by atoms with Crippen molar-refractivity contribution in [2.75, 3.05) is 5.32 Å². The average molecular weight is 532 g/mol. The highest BCUT2D eigenvalue weighted by Crippen LogP contribution is 2.29. The number of imidazole rings is 1. The van der Waals surface area contributed by atoms with E-state index < -0.39 is 10.1 Å². The number of rotatable bonds is 6. The Balaban J connectivity index is 0.000000261. The van der Waals surface area contributed by atoms with E-state index in [-0.39, 0.29) is 4.90 Å². The third-order valence-electron chi connectivity index (χ3n) is 5.39. The Morgan fingerprint density at radius 3 is 2.17 bits per heavy atom. The Hall–Kier alpha value is -2.84. The summed E-state index contributed by atoms with van der Waals surface area (Å²) in [7, 11) is -4.27. The molecule has 35 heavy (non-hydrogen) atoms. The third kappa shape index (κ3) is 6.24. The molecule has 0 radical (unpaired) electrons. The van der Waals surface area contributed by atoms with E-state index in [0.717, 1.165) is 46.9 Å². The molecule has 0 saturated heterocycles. The predicted molar refractivity (Wildman–Crippen MR) is 142 cm³/mol. The Labute approximate surface area is 216 Å². The van der Waals surface area contributed by atoms with Gasteiger partial charge >= 0.3 is 5.82 Å². The Morgan fingerprint density at radius 1 is 1.03 bits per heavy atom. The molecule has 0 atom stereocenters. The van der Waals surface area contributed by atoms with Crippen LogP contribution in [0.4, 0.5) is 5.69 Å². The number of nitrogens with one attached hydrogen (secondary N) is 1. The number of aromatic nitrogens is 2. The lowest BCUT2D eigenvalue weighted by atomic mass is 10.2. The summed E-state index contributed by atoms with van der Waals surface area (Å²) in [5.74, 6) is 1.03. The van der Waals surface area contributed by atoms with E-state index in [0.29, 0.717) is 10.0 Å². The number of halogens is 2. The molecule has 0 spiro atoms. The molecule has 0 unspecified atom stereocenters. The van der Waals surface area contributed by atoms with Crippen LogP contribution in [0.5, 0.6) is 0 Å². The van der Waals surface area contributed by atoms with Crippen LogP contribution < -0.4 is 9.88 Å². The van der Waals surface area contributed by atoms with Gasteiger partial charge in [-0.05, 0) is 45.0 Å². The van der Waals surface area contributed by atoms with Gasteiger partial charge in [-0.15, -0.1) is 0 Å². The minimum atomic E-state index is -4.27. The summed E-state index contributed by atoms with van der Waals surface area (Å²) in [5.41, 5.74) is 4.89. The second-order valence-corrected chi connectivity index (χ2v) is 10.00. The van der Waals surface area contributed by atoms with Crippen molar-refractivity contribution in [3.8, 4) is 0 Å². The number of nitrogens with zero attached hydrogens (tertiary/aromatic N) is 2. The first-order valence-electron chi connectivity index (χ1n) is 11.0. The van der Waals surface area contributed by atoms with Gasteiger partial charge in [0.2, 0.25) is 0 Å². The number of hydrogen-bond donors (Lipinski definition) is 1. The van der Waals surface area contributed by atoms with Gasteiger partial charge in [-0.1, -0.05) is 65.7 Å². The summed E-state index contributed by atoms with van der Waals surface area (Å²) in [6.45, 7) is 11.9. The van der Waals surface area contributed by atoms with Crippen molar-refractivity contribution in [2.45, 2.75) is 38.8 Å². The minimum Gasteiger partial charge on any atom is -0.744 e.